The van der Waals surface area contributed by atoms with Gasteiger partial charge in [-0.05, 0) is 44.0 Å². The van der Waals surface area contributed by atoms with Crippen LogP contribution in [0.3, 0.4) is 0 Å². The van der Waals surface area contributed by atoms with Crippen molar-refractivity contribution in [3.05, 3.63) is 46.6 Å². The van der Waals surface area contributed by atoms with Crippen molar-refractivity contribution in [3.63, 3.8) is 0 Å². The van der Waals surface area contributed by atoms with Gasteiger partial charge >= 0.3 is 0 Å². The molecule has 5 nitrogen and oxygen atoms in total. The highest BCUT2D eigenvalue weighted by Crippen LogP contribution is 2.32. The molecule has 0 atom stereocenters. The second-order valence-electron chi connectivity index (χ2n) is 5.12. The molecule has 0 radical (unpaired) electrons. The lowest BCUT2D eigenvalue weighted by atomic mass is 10.1. The van der Waals surface area contributed by atoms with Gasteiger partial charge in [-0.1, -0.05) is 12.1 Å². The highest BCUT2D eigenvalue weighted by Gasteiger charge is 2.11. The average Bonchev–Trinajstić information content (AvgIpc) is 2.80. The first-order valence-corrected chi connectivity index (χ1v) is 7.75. The van der Waals surface area contributed by atoms with E-state index in [2.05, 4.69) is 34.3 Å². The fourth-order valence-corrected chi connectivity index (χ4v) is 3.23. The first-order chi connectivity index (χ1) is 10.6. The maximum absolute atomic E-state index is 5.81. The van der Waals surface area contributed by atoms with Crippen LogP contribution in [0.2, 0.25) is 0 Å². The molecule has 1 aromatic carbocycles. The average molecular weight is 311 g/mol. The molecule has 0 aliphatic heterocycles. The smallest absolute Gasteiger partial charge is 0.158 e. The van der Waals surface area contributed by atoms with Crippen LogP contribution in [-0.2, 0) is 0 Å². The molecule has 6 heteroatoms. The van der Waals surface area contributed by atoms with Crippen LogP contribution in [0, 0.1) is 13.8 Å². The summed E-state index contributed by atoms with van der Waals surface area (Å²) in [6.07, 6.45) is 1.56. The highest BCUT2D eigenvalue weighted by atomic mass is 32.1. The summed E-state index contributed by atoms with van der Waals surface area (Å²) in [5.41, 5.74) is 12.6. The normalized spacial score (nSPS) is 11.9. The quantitative estimate of drug-likeness (QED) is 0.439. The van der Waals surface area contributed by atoms with E-state index < -0.39 is 0 Å². The van der Waals surface area contributed by atoms with Gasteiger partial charge in [0.1, 0.15) is 11.2 Å². The molecule has 0 unspecified atom stereocenters. The van der Waals surface area contributed by atoms with Gasteiger partial charge in [-0.2, -0.15) is 5.10 Å². The third-order valence-electron chi connectivity index (χ3n) is 3.60. The molecular weight excluding hydrogens is 294 g/mol. The summed E-state index contributed by atoms with van der Waals surface area (Å²) in [5, 5.41) is 5.47. The number of nitrogen functional groups attached to an aromatic ring is 1. The number of rotatable bonds is 3. The topological polar surface area (TPSA) is 76.2 Å². The van der Waals surface area contributed by atoms with E-state index in [1.807, 2.05) is 31.2 Å². The van der Waals surface area contributed by atoms with Crippen molar-refractivity contribution in [1.29, 1.82) is 0 Å². The number of nitrogens with zero attached hydrogens (tertiary/aromatic N) is 3. The summed E-state index contributed by atoms with van der Waals surface area (Å²) >= 11 is 1.67. The van der Waals surface area contributed by atoms with Gasteiger partial charge in [0.25, 0.3) is 0 Å². The van der Waals surface area contributed by atoms with Crippen molar-refractivity contribution < 1.29 is 0 Å². The van der Waals surface area contributed by atoms with E-state index in [9.17, 15) is 0 Å². The second-order valence-corrected chi connectivity index (χ2v) is 6.32. The zero-order valence-electron chi connectivity index (χ0n) is 12.7. The van der Waals surface area contributed by atoms with Crippen molar-refractivity contribution in [2.75, 3.05) is 11.2 Å². The minimum atomic E-state index is 0.723. The Bertz CT molecular complexity index is 866. The Labute approximate surface area is 132 Å². The Balaban J connectivity index is 1.95. The first-order valence-electron chi connectivity index (χ1n) is 6.93. The Hall–Kier alpha value is -2.47. The molecule has 0 fully saturated rings. The fourth-order valence-electron chi connectivity index (χ4n) is 2.23. The van der Waals surface area contributed by atoms with Crippen LogP contribution < -0.4 is 11.2 Å². The number of benzene rings is 1. The number of hydrogen-bond acceptors (Lipinski definition) is 6. The molecule has 0 bridgehead atoms. The molecule has 2 heterocycles. The summed E-state index contributed by atoms with van der Waals surface area (Å²) in [4.78, 5) is 10.9. The Morgan fingerprint density at radius 2 is 2.09 bits per heavy atom. The summed E-state index contributed by atoms with van der Waals surface area (Å²) in [5.74, 6) is 0.732. The number of nitrogens with two attached hydrogens (primary N) is 1. The van der Waals surface area contributed by atoms with Crippen molar-refractivity contribution in [1.82, 2.24) is 9.97 Å². The molecule has 3 aromatic rings. The van der Waals surface area contributed by atoms with Gasteiger partial charge in [0, 0.05) is 10.6 Å². The molecule has 0 aliphatic carbocycles. The van der Waals surface area contributed by atoms with E-state index >= 15 is 0 Å². The van der Waals surface area contributed by atoms with E-state index in [0.717, 1.165) is 33.0 Å². The summed E-state index contributed by atoms with van der Waals surface area (Å²) in [6.45, 7) is 6.11. The Kier molecular flexibility index (Phi) is 3.77. The number of thiophene rings is 1. The van der Waals surface area contributed by atoms with Gasteiger partial charge in [-0.15, -0.1) is 11.3 Å². The number of fused-ring (bicyclic) bond motifs is 1. The minimum Gasteiger partial charge on any atom is -0.399 e. The maximum atomic E-state index is 5.81. The SMILES string of the molecule is C/C(=N\Nc1ncnc2sc(C)c(C)c12)c1cccc(N)c1. The van der Waals surface area contributed by atoms with Crippen LogP contribution in [0.15, 0.2) is 35.7 Å². The molecule has 2 aromatic heterocycles. The summed E-state index contributed by atoms with van der Waals surface area (Å²) < 4.78 is 0. The molecule has 0 aliphatic rings. The van der Waals surface area contributed by atoms with Crippen molar-refractivity contribution in [2.24, 2.45) is 5.10 Å². The minimum absolute atomic E-state index is 0.723. The zero-order valence-corrected chi connectivity index (χ0v) is 13.5. The van der Waals surface area contributed by atoms with Gasteiger partial charge in [-0.3, -0.25) is 5.43 Å². The largest absolute Gasteiger partial charge is 0.399 e. The van der Waals surface area contributed by atoms with Gasteiger partial charge in [0.15, 0.2) is 5.82 Å². The van der Waals surface area contributed by atoms with Crippen LogP contribution in [0.1, 0.15) is 22.9 Å². The lowest BCUT2D eigenvalue weighted by molar-refractivity contribution is 1.18. The van der Waals surface area contributed by atoms with Gasteiger partial charge in [0.2, 0.25) is 0 Å². The van der Waals surface area contributed by atoms with Crippen LogP contribution >= 0.6 is 11.3 Å². The second kappa shape index (κ2) is 5.73. The maximum Gasteiger partial charge on any atom is 0.158 e. The Morgan fingerprint density at radius 1 is 1.27 bits per heavy atom. The van der Waals surface area contributed by atoms with E-state index in [4.69, 9.17) is 5.73 Å². The van der Waals surface area contributed by atoms with Crippen LogP contribution in [0.5, 0.6) is 0 Å². The van der Waals surface area contributed by atoms with Crippen molar-refractivity contribution >= 4 is 38.8 Å². The Morgan fingerprint density at radius 3 is 2.86 bits per heavy atom. The summed E-state index contributed by atoms with van der Waals surface area (Å²) in [7, 11) is 0. The number of nitrogens with one attached hydrogen (secondary N) is 1. The number of aryl methyl sites for hydroxylation is 2. The van der Waals surface area contributed by atoms with Crippen LogP contribution in [0.4, 0.5) is 11.5 Å². The number of aromatic nitrogens is 2. The number of hydrazone groups is 1. The molecule has 22 heavy (non-hydrogen) atoms. The van der Waals surface area contributed by atoms with Crippen LogP contribution in [0.25, 0.3) is 10.2 Å². The molecule has 0 amide bonds. The van der Waals surface area contributed by atoms with E-state index in [-0.39, 0.29) is 0 Å². The van der Waals surface area contributed by atoms with E-state index in [1.54, 1.807) is 17.7 Å². The fraction of sp³-hybridized carbons (Fsp3) is 0.188. The van der Waals surface area contributed by atoms with E-state index in [1.165, 1.54) is 10.4 Å². The highest BCUT2D eigenvalue weighted by molar-refractivity contribution is 7.18. The lowest BCUT2D eigenvalue weighted by Gasteiger charge is -2.05. The monoisotopic (exact) mass is 311 g/mol. The standard InChI is InChI=1S/C16H17N5S/c1-9-11(3)22-16-14(9)15(18-8-19-16)21-20-10(2)12-5-4-6-13(17)7-12/h4-8H,17H2,1-3H3,(H,18,19,21)/b20-10+. The number of hydrogen-bond donors (Lipinski definition) is 2. The van der Waals surface area contributed by atoms with Gasteiger partial charge < -0.3 is 5.73 Å². The van der Waals surface area contributed by atoms with Gasteiger partial charge in [-0.25, -0.2) is 9.97 Å². The number of anilines is 2. The summed E-state index contributed by atoms with van der Waals surface area (Å²) in [6, 6.07) is 7.65. The third-order valence-corrected chi connectivity index (χ3v) is 4.71. The third kappa shape index (κ3) is 2.65. The molecule has 0 spiro atoms. The molecule has 3 rings (SSSR count). The van der Waals surface area contributed by atoms with Crippen molar-refractivity contribution in [2.45, 2.75) is 20.8 Å². The first kappa shape index (κ1) is 14.5. The molecule has 3 N–H and O–H groups in total. The van der Waals surface area contributed by atoms with Crippen LogP contribution in [-0.4, -0.2) is 15.7 Å². The molecular formula is C16H17N5S. The van der Waals surface area contributed by atoms with Gasteiger partial charge in [0.05, 0.1) is 11.1 Å². The molecule has 112 valence electrons. The molecule has 0 saturated carbocycles. The van der Waals surface area contributed by atoms with Crippen molar-refractivity contribution in [3.8, 4) is 0 Å². The molecule has 0 saturated heterocycles. The predicted octanol–water partition coefficient (Wildman–Crippen LogP) is 3.73. The lowest BCUT2D eigenvalue weighted by Crippen LogP contribution is -2.02. The zero-order chi connectivity index (χ0) is 15.7. The van der Waals surface area contributed by atoms with E-state index in [0.29, 0.717) is 0 Å². The predicted molar refractivity (Wildman–Crippen MR) is 93.6 cm³/mol.